The van der Waals surface area contributed by atoms with Gasteiger partial charge in [-0.15, -0.1) is 0 Å². The van der Waals surface area contributed by atoms with Crippen LogP contribution in [-0.4, -0.2) is 13.9 Å². The van der Waals surface area contributed by atoms with Crippen LogP contribution in [0, 0.1) is 0 Å². The monoisotopic (exact) mass is 202 g/mol. The smallest absolute Gasteiger partial charge is 0.261 e. The maximum Gasteiger partial charge on any atom is 0.261 e. The van der Waals surface area contributed by atoms with E-state index in [0.29, 0.717) is 5.95 Å². The van der Waals surface area contributed by atoms with Crippen molar-refractivity contribution >= 4 is 8.32 Å². The molecule has 0 unspecified atom stereocenters. The third kappa shape index (κ3) is 7.90. The van der Waals surface area contributed by atoms with Gasteiger partial charge in [0.15, 0.2) is 0 Å². The largest absolute Gasteiger partial charge is 0.520 e. The molecule has 0 aliphatic heterocycles. The Morgan fingerprint density at radius 3 is 1.85 bits per heavy atom. The van der Waals surface area contributed by atoms with Crippen LogP contribution in [0.2, 0.25) is 19.6 Å². The van der Waals surface area contributed by atoms with Crippen molar-refractivity contribution in [1.29, 1.82) is 0 Å². The van der Waals surface area contributed by atoms with E-state index in [0.717, 1.165) is 0 Å². The first-order chi connectivity index (χ1) is 5.64. The summed E-state index contributed by atoms with van der Waals surface area (Å²) < 4.78 is 11.4. The van der Waals surface area contributed by atoms with E-state index in [1.807, 2.05) is 33.8 Å². The zero-order valence-electron chi connectivity index (χ0n) is 9.89. The molecule has 0 aromatic rings. The molecule has 0 aromatic carbocycles. The van der Waals surface area contributed by atoms with Gasteiger partial charge in [-0.05, 0) is 53.4 Å². The second-order valence-corrected chi connectivity index (χ2v) is 9.47. The quantitative estimate of drug-likeness (QED) is 0.515. The molecule has 0 rings (SSSR count). The molecular formula is C10H22O2Si. The molecule has 2 nitrogen and oxygen atoms in total. The molecule has 0 saturated heterocycles. The van der Waals surface area contributed by atoms with Crippen molar-refractivity contribution in [2.75, 3.05) is 0 Å². The number of ether oxygens (including phenoxy) is 1. The first-order valence-electron chi connectivity index (χ1n) is 4.68. The van der Waals surface area contributed by atoms with Gasteiger partial charge < -0.3 is 9.16 Å². The number of hydrogen-bond acceptors (Lipinski definition) is 2. The highest BCUT2D eigenvalue weighted by atomic mass is 28.4. The van der Waals surface area contributed by atoms with E-state index in [2.05, 4.69) is 19.6 Å². The topological polar surface area (TPSA) is 18.5 Å². The Morgan fingerprint density at radius 2 is 1.62 bits per heavy atom. The molecule has 0 saturated carbocycles. The third-order valence-corrected chi connectivity index (χ3v) is 1.86. The Hall–Kier alpha value is -0.443. The molecule has 78 valence electrons. The van der Waals surface area contributed by atoms with Gasteiger partial charge in [0.25, 0.3) is 5.95 Å². The molecule has 0 fully saturated rings. The van der Waals surface area contributed by atoms with Crippen LogP contribution in [0.4, 0.5) is 0 Å². The molecule has 0 spiro atoms. The molecule has 13 heavy (non-hydrogen) atoms. The average Bonchev–Trinajstić information content (AvgIpc) is 1.79. The Balaban J connectivity index is 4.24. The van der Waals surface area contributed by atoms with Crippen LogP contribution in [0.5, 0.6) is 0 Å². The van der Waals surface area contributed by atoms with Gasteiger partial charge in [-0.1, -0.05) is 0 Å². The van der Waals surface area contributed by atoms with E-state index < -0.39 is 8.32 Å². The standard InChI is InChI=1S/C10H22O2Si/c1-8-9(11-10(2,3)4)12-13(5,6)7/h8H,1-7H3/b9-8+. The lowest BCUT2D eigenvalue weighted by Crippen LogP contribution is -2.29. The first kappa shape index (κ1) is 12.6. The van der Waals surface area contributed by atoms with Crippen LogP contribution in [0.15, 0.2) is 12.0 Å². The molecule has 3 heteroatoms. The Morgan fingerprint density at radius 1 is 1.15 bits per heavy atom. The van der Waals surface area contributed by atoms with E-state index in [4.69, 9.17) is 9.16 Å². The van der Waals surface area contributed by atoms with Crippen LogP contribution in [0.3, 0.4) is 0 Å². The number of hydrogen-bond donors (Lipinski definition) is 0. The fourth-order valence-corrected chi connectivity index (χ4v) is 1.51. The van der Waals surface area contributed by atoms with Gasteiger partial charge >= 0.3 is 0 Å². The summed E-state index contributed by atoms with van der Waals surface area (Å²) in [5, 5.41) is 0. The van der Waals surface area contributed by atoms with Gasteiger partial charge in [0.1, 0.15) is 5.60 Å². The zero-order valence-corrected chi connectivity index (χ0v) is 10.9. The van der Waals surface area contributed by atoms with E-state index in [1.54, 1.807) is 0 Å². The summed E-state index contributed by atoms with van der Waals surface area (Å²) in [6.07, 6.45) is 1.88. The van der Waals surface area contributed by atoms with E-state index in [9.17, 15) is 0 Å². The Kier molecular flexibility index (Phi) is 4.04. The molecule has 0 amide bonds. The second-order valence-electron chi connectivity index (χ2n) is 5.04. The van der Waals surface area contributed by atoms with E-state index >= 15 is 0 Å². The van der Waals surface area contributed by atoms with Crippen LogP contribution in [-0.2, 0) is 9.16 Å². The van der Waals surface area contributed by atoms with Crippen LogP contribution >= 0.6 is 0 Å². The van der Waals surface area contributed by atoms with Gasteiger partial charge in [-0.3, -0.25) is 0 Å². The minimum absolute atomic E-state index is 0.179. The molecule has 0 bridgehead atoms. The third-order valence-electron chi connectivity index (χ3n) is 1.05. The molecule has 0 atom stereocenters. The summed E-state index contributed by atoms with van der Waals surface area (Å²) >= 11 is 0. The maximum atomic E-state index is 5.74. The highest BCUT2D eigenvalue weighted by molar-refractivity contribution is 6.69. The van der Waals surface area contributed by atoms with Crippen LogP contribution < -0.4 is 0 Å². The lowest BCUT2D eigenvalue weighted by atomic mass is 10.2. The normalized spacial score (nSPS) is 14.2. The maximum absolute atomic E-state index is 5.74. The lowest BCUT2D eigenvalue weighted by molar-refractivity contribution is -0.00859. The fourth-order valence-electron chi connectivity index (χ4n) is 0.742. The molecule has 0 aliphatic carbocycles. The minimum atomic E-state index is -1.53. The molecule has 0 heterocycles. The summed E-state index contributed by atoms with van der Waals surface area (Å²) in [5.41, 5.74) is -0.179. The lowest BCUT2D eigenvalue weighted by Gasteiger charge is -2.27. The van der Waals surface area contributed by atoms with Crippen LogP contribution in [0.25, 0.3) is 0 Å². The van der Waals surface area contributed by atoms with Crippen molar-refractivity contribution in [3.63, 3.8) is 0 Å². The van der Waals surface area contributed by atoms with Crippen LogP contribution in [0.1, 0.15) is 27.7 Å². The van der Waals surface area contributed by atoms with Gasteiger partial charge in [0.05, 0.1) is 0 Å². The molecule has 0 N–H and O–H groups in total. The summed E-state index contributed by atoms with van der Waals surface area (Å²) in [4.78, 5) is 0. The minimum Gasteiger partial charge on any atom is -0.520 e. The van der Waals surface area contributed by atoms with Gasteiger partial charge in [-0.25, -0.2) is 0 Å². The molecule has 0 aromatic heterocycles. The van der Waals surface area contributed by atoms with Crippen molar-refractivity contribution < 1.29 is 9.16 Å². The molecule has 0 aliphatic rings. The van der Waals surface area contributed by atoms with E-state index in [-0.39, 0.29) is 5.60 Å². The zero-order chi connectivity index (χ0) is 10.7. The number of allylic oxidation sites excluding steroid dienone is 1. The van der Waals surface area contributed by atoms with E-state index in [1.165, 1.54) is 0 Å². The molecule has 0 radical (unpaired) electrons. The number of rotatable bonds is 3. The predicted molar refractivity (Wildman–Crippen MR) is 59.0 cm³/mol. The summed E-state index contributed by atoms with van der Waals surface area (Å²) in [6, 6.07) is 0. The van der Waals surface area contributed by atoms with Gasteiger partial charge in [0.2, 0.25) is 8.32 Å². The fraction of sp³-hybridized carbons (Fsp3) is 0.800. The summed E-state index contributed by atoms with van der Waals surface area (Å²) in [5.74, 6) is 0.659. The van der Waals surface area contributed by atoms with Crippen molar-refractivity contribution in [2.24, 2.45) is 0 Å². The van der Waals surface area contributed by atoms with Crippen molar-refractivity contribution in [2.45, 2.75) is 52.9 Å². The summed E-state index contributed by atoms with van der Waals surface area (Å²) in [6.45, 7) is 14.4. The summed E-state index contributed by atoms with van der Waals surface area (Å²) in [7, 11) is -1.53. The molecular weight excluding hydrogens is 180 g/mol. The predicted octanol–water partition coefficient (Wildman–Crippen LogP) is 3.51. The first-order valence-corrected chi connectivity index (χ1v) is 8.09. The SMILES string of the molecule is C/C=C(\OC(C)(C)C)O[Si](C)(C)C. The Bertz CT molecular complexity index is 166. The highest BCUT2D eigenvalue weighted by Crippen LogP contribution is 2.18. The van der Waals surface area contributed by atoms with Gasteiger partial charge in [0, 0.05) is 0 Å². The van der Waals surface area contributed by atoms with Crippen molar-refractivity contribution in [3.8, 4) is 0 Å². The second kappa shape index (κ2) is 4.18. The Labute approximate surface area is 83.1 Å². The highest BCUT2D eigenvalue weighted by Gasteiger charge is 2.21. The van der Waals surface area contributed by atoms with Crippen molar-refractivity contribution in [3.05, 3.63) is 12.0 Å². The average molecular weight is 202 g/mol. The van der Waals surface area contributed by atoms with Crippen molar-refractivity contribution in [1.82, 2.24) is 0 Å². The van der Waals surface area contributed by atoms with Gasteiger partial charge in [-0.2, -0.15) is 0 Å².